The lowest BCUT2D eigenvalue weighted by atomic mass is 10.1. The Morgan fingerprint density at radius 1 is 1.36 bits per heavy atom. The van der Waals surface area contributed by atoms with Crippen molar-refractivity contribution in [1.29, 1.82) is 5.26 Å². The van der Waals surface area contributed by atoms with Gasteiger partial charge in [0.2, 0.25) is 11.8 Å². The summed E-state index contributed by atoms with van der Waals surface area (Å²) in [6, 6.07) is 9.09. The molecule has 2 amide bonds. The first-order chi connectivity index (χ1) is 13.5. The van der Waals surface area contributed by atoms with Gasteiger partial charge in [-0.05, 0) is 24.6 Å². The molecule has 1 unspecified atom stereocenters. The van der Waals surface area contributed by atoms with Crippen molar-refractivity contribution in [1.82, 2.24) is 0 Å². The van der Waals surface area contributed by atoms with E-state index in [1.807, 2.05) is 6.92 Å². The molecule has 0 saturated carbocycles. The first-order valence-electron chi connectivity index (χ1n) is 8.86. The van der Waals surface area contributed by atoms with E-state index in [1.54, 1.807) is 36.3 Å². The number of nitrogens with zero attached hydrogens (tertiary/aromatic N) is 2. The van der Waals surface area contributed by atoms with Gasteiger partial charge in [-0.3, -0.25) is 9.59 Å². The Morgan fingerprint density at radius 3 is 2.79 bits per heavy atom. The molecule has 1 aromatic heterocycles. The second kappa shape index (κ2) is 8.31. The number of hydrogen-bond acceptors (Lipinski definition) is 6. The van der Waals surface area contributed by atoms with Crippen molar-refractivity contribution >= 4 is 33.8 Å². The maximum absolute atomic E-state index is 12.7. The molecule has 8 heteroatoms. The fraction of sp³-hybridized carbons (Fsp3) is 0.350. The summed E-state index contributed by atoms with van der Waals surface area (Å²) in [5.41, 5.74) is 1.05. The van der Waals surface area contributed by atoms with Gasteiger partial charge in [-0.25, -0.2) is 0 Å². The van der Waals surface area contributed by atoms with Crippen LogP contribution < -0.4 is 19.7 Å². The smallest absolute Gasteiger partial charge is 0.230 e. The van der Waals surface area contributed by atoms with Crippen LogP contribution in [-0.2, 0) is 16.0 Å². The van der Waals surface area contributed by atoms with Crippen LogP contribution >= 0.6 is 11.3 Å². The van der Waals surface area contributed by atoms with Gasteiger partial charge in [0.05, 0.1) is 31.4 Å². The molecular formula is C20H21N3O4S. The number of benzene rings is 1. The lowest BCUT2D eigenvalue weighted by Gasteiger charge is -2.20. The number of hydrogen-bond donors (Lipinski definition) is 1. The lowest BCUT2D eigenvalue weighted by molar-refractivity contribution is -0.122. The molecule has 7 nitrogen and oxygen atoms in total. The number of rotatable bonds is 6. The van der Waals surface area contributed by atoms with Crippen LogP contribution in [-0.4, -0.2) is 32.6 Å². The van der Waals surface area contributed by atoms with E-state index in [9.17, 15) is 14.9 Å². The fourth-order valence-corrected chi connectivity index (χ4v) is 4.08. The molecule has 1 aliphatic rings. The molecule has 1 fully saturated rings. The summed E-state index contributed by atoms with van der Waals surface area (Å²) in [7, 11) is 3.08. The Bertz CT molecular complexity index is 947. The Morgan fingerprint density at radius 2 is 2.14 bits per heavy atom. The van der Waals surface area contributed by atoms with Gasteiger partial charge in [0, 0.05) is 23.9 Å². The number of aryl methyl sites for hydroxylation is 1. The van der Waals surface area contributed by atoms with E-state index in [0.29, 0.717) is 27.8 Å². The standard InChI is InChI=1S/C20H21N3O4S/c1-4-15-7-12(10-21)20(28-15)22-19(25)13-8-18(24)23(11-13)16-6-5-14(26-2)9-17(16)27-3/h5-7,9,13H,4,8,11H2,1-3H3,(H,22,25). The Balaban J connectivity index is 1.77. The van der Waals surface area contributed by atoms with Crippen LogP contribution in [0.3, 0.4) is 0 Å². The molecule has 0 radical (unpaired) electrons. The van der Waals surface area contributed by atoms with E-state index in [-0.39, 0.29) is 24.8 Å². The molecule has 146 valence electrons. The van der Waals surface area contributed by atoms with E-state index in [2.05, 4.69) is 11.4 Å². The number of amides is 2. The predicted octanol–water partition coefficient (Wildman–Crippen LogP) is 3.19. The first-order valence-corrected chi connectivity index (χ1v) is 9.68. The minimum absolute atomic E-state index is 0.106. The molecule has 28 heavy (non-hydrogen) atoms. The highest BCUT2D eigenvalue weighted by Gasteiger charge is 2.36. The second-order valence-corrected chi connectivity index (χ2v) is 7.49. The van der Waals surface area contributed by atoms with Crippen molar-refractivity contribution < 1.29 is 19.1 Å². The second-order valence-electron chi connectivity index (χ2n) is 6.35. The summed E-state index contributed by atoms with van der Waals surface area (Å²) in [5.74, 6) is 0.216. The Hall–Kier alpha value is -3.05. The zero-order chi connectivity index (χ0) is 20.3. The minimum Gasteiger partial charge on any atom is -0.497 e. The fourth-order valence-electron chi connectivity index (χ4n) is 3.13. The van der Waals surface area contributed by atoms with Crippen molar-refractivity contribution in [3.63, 3.8) is 0 Å². The summed E-state index contributed by atoms with van der Waals surface area (Å²) >= 11 is 1.39. The number of ether oxygens (including phenoxy) is 2. The number of methoxy groups -OCH3 is 2. The van der Waals surface area contributed by atoms with Gasteiger partial charge in [0.25, 0.3) is 0 Å². The van der Waals surface area contributed by atoms with Crippen LogP contribution in [0.5, 0.6) is 11.5 Å². The van der Waals surface area contributed by atoms with E-state index in [0.717, 1.165) is 11.3 Å². The van der Waals surface area contributed by atoms with E-state index in [4.69, 9.17) is 9.47 Å². The molecule has 1 aliphatic heterocycles. The molecule has 0 bridgehead atoms. The molecular weight excluding hydrogens is 378 g/mol. The van der Waals surface area contributed by atoms with Gasteiger partial charge in [-0.1, -0.05) is 6.92 Å². The monoisotopic (exact) mass is 399 g/mol. The molecule has 1 saturated heterocycles. The van der Waals surface area contributed by atoms with E-state index in [1.165, 1.54) is 18.4 Å². The van der Waals surface area contributed by atoms with Crippen molar-refractivity contribution in [3.8, 4) is 17.6 Å². The summed E-state index contributed by atoms with van der Waals surface area (Å²) in [6.45, 7) is 2.25. The summed E-state index contributed by atoms with van der Waals surface area (Å²) in [6.07, 6.45) is 0.900. The van der Waals surface area contributed by atoms with Gasteiger partial charge in [-0.15, -0.1) is 11.3 Å². The normalized spacial score (nSPS) is 16.0. The molecule has 0 spiro atoms. The van der Waals surface area contributed by atoms with Crippen molar-refractivity contribution in [2.45, 2.75) is 19.8 Å². The minimum atomic E-state index is -0.502. The van der Waals surface area contributed by atoms with Crippen LogP contribution in [0.1, 0.15) is 23.8 Å². The number of carbonyl (C=O) groups is 2. The van der Waals surface area contributed by atoms with Crippen molar-refractivity contribution in [3.05, 3.63) is 34.7 Å². The van der Waals surface area contributed by atoms with Crippen molar-refractivity contribution in [2.75, 3.05) is 31.0 Å². The van der Waals surface area contributed by atoms with E-state index < -0.39 is 5.92 Å². The van der Waals surface area contributed by atoms with Gasteiger partial charge < -0.3 is 19.7 Å². The highest BCUT2D eigenvalue weighted by molar-refractivity contribution is 7.16. The van der Waals surface area contributed by atoms with Crippen LogP contribution in [0.25, 0.3) is 0 Å². The number of anilines is 2. The number of nitrogens with one attached hydrogen (secondary N) is 1. The summed E-state index contributed by atoms with van der Waals surface area (Å²) < 4.78 is 10.6. The third-order valence-corrected chi connectivity index (χ3v) is 5.86. The maximum atomic E-state index is 12.7. The van der Waals surface area contributed by atoms with Crippen molar-refractivity contribution in [2.24, 2.45) is 5.92 Å². The van der Waals surface area contributed by atoms with Gasteiger partial charge in [-0.2, -0.15) is 5.26 Å². The highest BCUT2D eigenvalue weighted by atomic mass is 32.1. The zero-order valence-electron chi connectivity index (χ0n) is 15.9. The van der Waals surface area contributed by atoms with Gasteiger partial charge >= 0.3 is 0 Å². The Kier molecular flexibility index (Phi) is 5.85. The molecule has 1 aromatic carbocycles. The summed E-state index contributed by atoms with van der Waals surface area (Å²) in [4.78, 5) is 27.8. The zero-order valence-corrected chi connectivity index (χ0v) is 16.8. The lowest BCUT2D eigenvalue weighted by Crippen LogP contribution is -2.28. The molecule has 2 heterocycles. The number of nitriles is 1. The van der Waals surface area contributed by atoms with Crippen LogP contribution in [0.4, 0.5) is 10.7 Å². The first kappa shape index (κ1) is 19.7. The quantitative estimate of drug-likeness (QED) is 0.805. The molecule has 0 aliphatic carbocycles. The molecule has 1 atom stereocenters. The van der Waals surface area contributed by atoms with Gasteiger partial charge in [0.1, 0.15) is 22.6 Å². The van der Waals surface area contributed by atoms with Crippen LogP contribution in [0, 0.1) is 17.2 Å². The molecule has 2 aromatic rings. The van der Waals surface area contributed by atoms with Crippen LogP contribution in [0.15, 0.2) is 24.3 Å². The summed E-state index contributed by atoms with van der Waals surface area (Å²) in [5, 5.41) is 12.6. The number of carbonyl (C=O) groups excluding carboxylic acids is 2. The third kappa shape index (κ3) is 3.80. The van der Waals surface area contributed by atoms with Gasteiger partial charge in [0.15, 0.2) is 0 Å². The molecule has 3 rings (SSSR count). The largest absolute Gasteiger partial charge is 0.497 e. The molecule has 1 N–H and O–H groups in total. The van der Waals surface area contributed by atoms with Crippen LogP contribution in [0.2, 0.25) is 0 Å². The topological polar surface area (TPSA) is 91.7 Å². The average molecular weight is 399 g/mol. The van der Waals surface area contributed by atoms with E-state index >= 15 is 0 Å². The maximum Gasteiger partial charge on any atom is 0.230 e. The highest BCUT2D eigenvalue weighted by Crippen LogP contribution is 2.36. The Labute approximate surface area is 167 Å². The third-order valence-electron chi connectivity index (χ3n) is 4.66. The number of thiophene rings is 1. The average Bonchev–Trinajstić information content (AvgIpc) is 3.30. The predicted molar refractivity (Wildman–Crippen MR) is 107 cm³/mol. The SMILES string of the molecule is CCc1cc(C#N)c(NC(=O)C2CC(=O)N(c3ccc(OC)cc3OC)C2)s1.